The van der Waals surface area contributed by atoms with E-state index in [9.17, 15) is 13.6 Å². The Morgan fingerprint density at radius 3 is 2.47 bits per heavy atom. The van der Waals surface area contributed by atoms with E-state index < -0.39 is 23.2 Å². The summed E-state index contributed by atoms with van der Waals surface area (Å²) in [6, 6.07) is 6.23. The van der Waals surface area contributed by atoms with Gasteiger partial charge in [-0.05, 0) is 24.3 Å². The van der Waals surface area contributed by atoms with Crippen molar-refractivity contribution in [2.75, 3.05) is 10.7 Å². The van der Waals surface area contributed by atoms with Gasteiger partial charge in [0.1, 0.15) is 17.3 Å². The zero-order valence-corrected chi connectivity index (χ0v) is 9.65. The van der Waals surface area contributed by atoms with Crippen molar-refractivity contribution in [1.82, 2.24) is 4.98 Å². The average molecular weight is 264 g/mol. The van der Waals surface area contributed by atoms with Gasteiger partial charge in [0, 0.05) is 6.20 Å². The normalized spacial score (nSPS) is 10.1. The van der Waals surface area contributed by atoms with Crippen molar-refractivity contribution in [3.05, 3.63) is 53.7 Å². The molecule has 1 aromatic carbocycles. The van der Waals surface area contributed by atoms with E-state index in [0.29, 0.717) is 0 Å². The number of para-hydroxylation sites is 1. The fourth-order valence-corrected chi connectivity index (χ4v) is 1.50. The van der Waals surface area contributed by atoms with Crippen molar-refractivity contribution in [2.45, 2.75) is 0 Å². The van der Waals surface area contributed by atoms with Crippen molar-refractivity contribution < 1.29 is 13.6 Å². The Morgan fingerprint density at radius 2 is 1.84 bits per heavy atom. The maximum atomic E-state index is 13.4. The number of nitrogen functional groups attached to an aromatic ring is 1. The highest BCUT2D eigenvalue weighted by Gasteiger charge is 2.16. The Labute approximate surface area is 107 Å². The number of nitrogens with one attached hydrogen (secondary N) is 2. The fourth-order valence-electron chi connectivity index (χ4n) is 1.50. The molecule has 0 unspecified atom stereocenters. The number of halogens is 2. The molecule has 98 valence electrons. The molecule has 5 nitrogen and oxygen atoms in total. The Morgan fingerprint density at radius 1 is 1.16 bits per heavy atom. The molecule has 1 aromatic heterocycles. The third-order valence-corrected chi connectivity index (χ3v) is 2.39. The number of amides is 1. The van der Waals surface area contributed by atoms with Crippen molar-refractivity contribution in [2.24, 2.45) is 5.84 Å². The van der Waals surface area contributed by atoms with E-state index in [1.807, 2.05) is 0 Å². The number of hydrazine groups is 1. The van der Waals surface area contributed by atoms with Crippen LogP contribution in [0, 0.1) is 11.6 Å². The lowest BCUT2D eigenvalue weighted by atomic mass is 10.2. The van der Waals surface area contributed by atoms with Crippen LogP contribution < -0.4 is 16.6 Å². The van der Waals surface area contributed by atoms with Gasteiger partial charge in [-0.2, -0.15) is 0 Å². The fraction of sp³-hybridized carbons (Fsp3) is 0. The molecule has 2 aromatic rings. The number of rotatable bonds is 3. The summed E-state index contributed by atoms with van der Waals surface area (Å²) in [5.74, 6) is 2.87. The van der Waals surface area contributed by atoms with Crippen molar-refractivity contribution in [3.63, 3.8) is 0 Å². The lowest BCUT2D eigenvalue weighted by Crippen LogP contribution is -2.19. The summed E-state index contributed by atoms with van der Waals surface area (Å²) in [6.07, 6.45) is 1.43. The lowest BCUT2D eigenvalue weighted by molar-refractivity contribution is 0.102. The summed E-state index contributed by atoms with van der Waals surface area (Å²) < 4.78 is 26.8. The molecule has 0 aliphatic heterocycles. The van der Waals surface area contributed by atoms with E-state index in [1.165, 1.54) is 24.4 Å². The largest absolute Gasteiger partial charge is 0.317 e. The Bertz CT molecular complexity index is 598. The predicted octanol–water partition coefficient (Wildman–Crippen LogP) is 1.90. The maximum absolute atomic E-state index is 13.4. The van der Waals surface area contributed by atoms with Crippen molar-refractivity contribution in [3.8, 4) is 0 Å². The van der Waals surface area contributed by atoms with Gasteiger partial charge in [-0.3, -0.25) is 4.79 Å². The summed E-state index contributed by atoms with van der Waals surface area (Å²) in [4.78, 5) is 15.7. The molecule has 0 bridgehead atoms. The molecule has 2 rings (SSSR count). The molecule has 0 fully saturated rings. The number of benzene rings is 1. The van der Waals surface area contributed by atoms with E-state index in [1.54, 1.807) is 0 Å². The number of aromatic nitrogens is 1. The number of nitrogens with zero attached hydrogens (tertiary/aromatic N) is 1. The second-order valence-electron chi connectivity index (χ2n) is 3.59. The van der Waals surface area contributed by atoms with Crippen LogP contribution in [0.3, 0.4) is 0 Å². The maximum Gasteiger partial charge on any atom is 0.259 e. The van der Waals surface area contributed by atoms with Crippen LogP contribution in [-0.2, 0) is 0 Å². The smallest absolute Gasteiger partial charge is 0.259 e. The molecule has 0 saturated carbocycles. The second-order valence-corrected chi connectivity index (χ2v) is 3.59. The van der Waals surface area contributed by atoms with Crippen LogP contribution in [0.1, 0.15) is 10.4 Å². The first-order chi connectivity index (χ1) is 9.13. The monoisotopic (exact) mass is 264 g/mol. The summed E-state index contributed by atoms with van der Waals surface area (Å²) >= 11 is 0. The third-order valence-electron chi connectivity index (χ3n) is 2.39. The van der Waals surface area contributed by atoms with Crippen LogP contribution in [0.5, 0.6) is 0 Å². The van der Waals surface area contributed by atoms with E-state index in [-0.39, 0.29) is 11.4 Å². The quantitative estimate of drug-likeness (QED) is 0.584. The van der Waals surface area contributed by atoms with Gasteiger partial charge in [0.25, 0.3) is 5.91 Å². The van der Waals surface area contributed by atoms with Gasteiger partial charge in [0.05, 0.1) is 5.56 Å². The van der Waals surface area contributed by atoms with Crippen LogP contribution in [-0.4, -0.2) is 10.9 Å². The van der Waals surface area contributed by atoms with E-state index >= 15 is 0 Å². The highest BCUT2D eigenvalue weighted by atomic mass is 19.1. The number of nitrogens with two attached hydrogens (primary N) is 1. The van der Waals surface area contributed by atoms with Crippen molar-refractivity contribution >= 4 is 17.4 Å². The van der Waals surface area contributed by atoms with Gasteiger partial charge in [0.15, 0.2) is 5.82 Å². The number of anilines is 2. The summed E-state index contributed by atoms with van der Waals surface area (Å²) in [6.45, 7) is 0. The van der Waals surface area contributed by atoms with E-state index in [0.717, 1.165) is 12.1 Å². The minimum Gasteiger partial charge on any atom is -0.317 e. The average Bonchev–Trinajstić information content (AvgIpc) is 2.42. The molecule has 7 heteroatoms. The molecule has 0 aliphatic carbocycles. The number of carbonyl (C=O) groups is 1. The summed E-state index contributed by atoms with van der Waals surface area (Å²) in [7, 11) is 0. The second kappa shape index (κ2) is 5.40. The number of hydrogen-bond acceptors (Lipinski definition) is 4. The van der Waals surface area contributed by atoms with Crippen LogP contribution in [0.2, 0.25) is 0 Å². The molecular weight excluding hydrogens is 254 g/mol. The first kappa shape index (κ1) is 12.9. The number of pyridine rings is 1. The summed E-state index contributed by atoms with van der Waals surface area (Å²) in [5.41, 5.74) is 1.79. The predicted molar refractivity (Wildman–Crippen MR) is 66.4 cm³/mol. The van der Waals surface area contributed by atoms with Crippen LogP contribution in [0.15, 0.2) is 36.5 Å². The lowest BCUT2D eigenvalue weighted by Gasteiger charge is -2.09. The van der Waals surface area contributed by atoms with Gasteiger partial charge < -0.3 is 10.7 Å². The minimum atomic E-state index is -0.862. The molecule has 0 aliphatic rings. The zero-order valence-electron chi connectivity index (χ0n) is 9.65. The van der Waals surface area contributed by atoms with Gasteiger partial charge >= 0.3 is 0 Å². The molecular formula is C12H10F2N4O. The molecule has 4 N–H and O–H groups in total. The Balaban J connectivity index is 2.31. The Hall–Kier alpha value is -2.54. The molecule has 19 heavy (non-hydrogen) atoms. The van der Waals surface area contributed by atoms with Gasteiger partial charge in [-0.25, -0.2) is 19.6 Å². The molecule has 0 radical (unpaired) electrons. The Kier molecular flexibility index (Phi) is 3.67. The highest BCUT2D eigenvalue weighted by molar-refractivity contribution is 6.07. The molecule has 1 heterocycles. The van der Waals surface area contributed by atoms with Crippen LogP contribution in [0.4, 0.5) is 20.3 Å². The standard InChI is InChI=1S/C12H10F2N4O/c13-8-4-1-5-9(14)10(8)17-12(19)7-3-2-6-16-11(7)18-15/h1-6H,15H2,(H,16,18)(H,17,19). The first-order valence-corrected chi connectivity index (χ1v) is 5.30. The van der Waals surface area contributed by atoms with Crippen LogP contribution >= 0.6 is 0 Å². The van der Waals surface area contributed by atoms with Gasteiger partial charge in [0.2, 0.25) is 0 Å². The number of hydrogen-bond donors (Lipinski definition) is 3. The first-order valence-electron chi connectivity index (χ1n) is 5.30. The molecule has 0 atom stereocenters. The molecule has 0 spiro atoms. The molecule has 0 saturated heterocycles. The summed E-state index contributed by atoms with van der Waals surface area (Å²) in [5, 5.41) is 2.14. The van der Waals surface area contributed by atoms with Crippen LogP contribution in [0.25, 0.3) is 0 Å². The zero-order chi connectivity index (χ0) is 13.8. The van der Waals surface area contributed by atoms with E-state index in [4.69, 9.17) is 5.84 Å². The van der Waals surface area contributed by atoms with Crippen molar-refractivity contribution in [1.29, 1.82) is 0 Å². The topological polar surface area (TPSA) is 80.0 Å². The van der Waals surface area contributed by atoms with Gasteiger partial charge in [-0.1, -0.05) is 6.07 Å². The molecule has 1 amide bonds. The minimum absolute atomic E-state index is 0.0765. The highest BCUT2D eigenvalue weighted by Crippen LogP contribution is 2.20. The van der Waals surface area contributed by atoms with Gasteiger partial charge in [-0.15, -0.1) is 0 Å². The third kappa shape index (κ3) is 2.66. The number of carbonyl (C=O) groups excluding carboxylic acids is 1. The van der Waals surface area contributed by atoms with E-state index in [2.05, 4.69) is 15.7 Å². The SMILES string of the molecule is NNc1ncccc1C(=O)Nc1c(F)cccc1F.